The van der Waals surface area contributed by atoms with E-state index < -0.39 is 23.8 Å². The second kappa shape index (κ2) is 5.68. The van der Waals surface area contributed by atoms with E-state index in [0.717, 1.165) is 0 Å². The molecular formula is C13H14ClNO5. The van der Waals surface area contributed by atoms with E-state index >= 15 is 0 Å². The molecule has 0 aromatic heterocycles. The third kappa shape index (κ3) is 2.71. The number of hydrogen-bond acceptors (Lipinski definition) is 4. The molecule has 1 aromatic rings. The number of carboxylic acid groups (broad SMARTS) is 1. The molecule has 1 aliphatic rings. The normalized spacial score (nSPS) is 21.7. The molecule has 2 rings (SSSR count). The molecule has 2 unspecified atom stereocenters. The van der Waals surface area contributed by atoms with Gasteiger partial charge in [0.1, 0.15) is 11.7 Å². The Morgan fingerprint density at radius 2 is 2.10 bits per heavy atom. The molecule has 0 saturated carbocycles. The van der Waals surface area contributed by atoms with Gasteiger partial charge in [0.2, 0.25) is 0 Å². The second-order valence-corrected chi connectivity index (χ2v) is 5.06. The molecule has 1 saturated heterocycles. The van der Waals surface area contributed by atoms with Gasteiger partial charge in [0.25, 0.3) is 5.91 Å². The molecule has 1 aliphatic heterocycles. The number of ether oxygens (including phenoxy) is 1. The summed E-state index contributed by atoms with van der Waals surface area (Å²) in [4.78, 5) is 24.7. The number of carbonyl (C=O) groups is 2. The van der Waals surface area contributed by atoms with Crippen LogP contribution in [-0.2, 0) is 9.53 Å². The van der Waals surface area contributed by atoms with Crippen molar-refractivity contribution >= 4 is 23.5 Å². The third-order valence-electron chi connectivity index (χ3n) is 3.38. The van der Waals surface area contributed by atoms with Crippen LogP contribution in [0.15, 0.2) is 18.2 Å². The van der Waals surface area contributed by atoms with Crippen LogP contribution in [0.5, 0.6) is 5.75 Å². The van der Waals surface area contributed by atoms with Gasteiger partial charge in [0, 0.05) is 12.1 Å². The van der Waals surface area contributed by atoms with E-state index in [1.807, 2.05) is 0 Å². The number of aromatic hydroxyl groups is 1. The number of likely N-dealkylation sites (N-methyl/N-ethyl adjacent to an activating group) is 1. The minimum Gasteiger partial charge on any atom is -0.507 e. The number of carboxylic acids is 1. The van der Waals surface area contributed by atoms with Crippen LogP contribution in [0.25, 0.3) is 0 Å². The quantitative estimate of drug-likeness (QED) is 0.876. The SMILES string of the molecule is CN(C(=O)c1ccc(Cl)cc1O)C1COCC1C(=O)O. The zero-order chi connectivity index (χ0) is 14.9. The van der Waals surface area contributed by atoms with Gasteiger partial charge in [-0.1, -0.05) is 11.6 Å². The first kappa shape index (κ1) is 14.6. The van der Waals surface area contributed by atoms with E-state index in [1.165, 1.54) is 30.1 Å². The lowest BCUT2D eigenvalue weighted by atomic mass is 10.0. The minimum absolute atomic E-state index is 0.0736. The molecule has 1 aromatic carbocycles. The number of nitrogens with zero attached hydrogens (tertiary/aromatic N) is 1. The van der Waals surface area contributed by atoms with E-state index in [2.05, 4.69) is 0 Å². The number of rotatable bonds is 3. The predicted octanol–water partition coefficient (Wildman–Crippen LogP) is 1.22. The molecule has 0 spiro atoms. The lowest BCUT2D eigenvalue weighted by Crippen LogP contribution is -2.44. The Hall–Kier alpha value is -1.79. The van der Waals surface area contributed by atoms with Crippen molar-refractivity contribution in [1.82, 2.24) is 4.90 Å². The molecule has 1 amide bonds. The Balaban J connectivity index is 2.22. The number of phenolic OH excluding ortho intramolecular Hbond substituents is 1. The highest BCUT2D eigenvalue weighted by Crippen LogP contribution is 2.26. The average molecular weight is 300 g/mol. The lowest BCUT2D eigenvalue weighted by Gasteiger charge is -2.26. The van der Waals surface area contributed by atoms with Crippen LogP contribution in [0, 0.1) is 5.92 Å². The Kier molecular flexibility index (Phi) is 4.15. The van der Waals surface area contributed by atoms with Crippen molar-refractivity contribution in [2.75, 3.05) is 20.3 Å². The van der Waals surface area contributed by atoms with Crippen molar-refractivity contribution in [3.8, 4) is 5.75 Å². The van der Waals surface area contributed by atoms with E-state index in [-0.39, 0.29) is 24.5 Å². The first-order valence-electron chi connectivity index (χ1n) is 5.98. The summed E-state index contributed by atoms with van der Waals surface area (Å²) < 4.78 is 5.13. The van der Waals surface area contributed by atoms with Crippen molar-refractivity contribution < 1.29 is 24.5 Å². The summed E-state index contributed by atoms with van der Waals surface area (Å²) in [5, 5.41) is 19.2. The van der Waals surface area contributed by atoms with Crippen LogP contribution < -0.4 is 0 Å². The van der Waals surface area contributed by atoms with Crippen molar-refractivity contribution in [1.29, 1.82) is 0 Å². The van der Waals surface area contributed by atoms with Gasteiger partial charge in [0.15, 0.2) is 0 Å². The van der Waals surface area contributed by atoms with E-state index in [9.17, 15) is 14.7 Å². The number of benzene rings is 1. The Labute approximate surface area is 120 Å². The zero-order valence-corrected chi connectivity index (χ0v) is 11.5. The molecule has 2 atom stereocenters. The summed E-state index contributed by atoms with van der Waals surface area (Å²) >= 11 is 5.71. The predicted molar refractivity (Wildman–Crippen MR) is 70.9 cm³/mol. The fraction of sp³-hybridized carbons (Fsp3) is 0.385. The average Bonchev–Trinajstić information content (AvgIpc) is 2.86. The van der Waals surface area contributed by atoms with E-state index in [1.54, 1.807) is 0 Å². The smallest absolute Gasteiger partial charge is 0.311 e. The van der Waals surface area contributed by atoms with Gasteiger partial charge in [-0.3, -0.25) is 9.59 Å². The molecule has 2 N–H and O–H groups in total. The topological polar surface area (TPSA) is 87.1 Å². The molecule has 0 bridgehead atoms. The highest BCUT2D eigenvalue weighted by Gasteiger charge is 2.39. The van der Waals surface area contributed by atoms with Crippen molar-refractivity contribution in [3.63, 3.8) is 0 Å². The van der Waals surface area contributed by atoms with Crippen LogP contribution in [-0.4, -0.2) is 53.3 Å². The van der Waals surface area contributed by atoms with Crippen LogP contribution in [0.1, 0.15) is 10.4 Å². The monoisotopic (exact) mass is 299 g/mol. The number of hydrogen-bond donors (Lipinski definition) is 2. The Morgan fingerprint density at radius 1 is 1.40 bits per heavy atom. The number of aliphatic carboxylic acids is 1. The van der Waals surface area contributed by atoms with E-state index in [0.29, 0.717) is 5.02 Å². The third-order valence-corrected chi connectivity index (χ3v) is 3.61. The first-order valence-corrected chi connectivity index (χ1v) is 6.36. The van der Waals surface area contributed by atoms with Crippen molar-refractivity contribution in [3.05, 3.63) is 28.8 Å². The summed E-state index contributed by atoms with van der Waals surface area (Å²) in [7, 11) is 1.49. The lowest BCUT2D eigenvalue weighted by molar-refractivity contribution is -0.142. The van der Waals surface area contributed by atoms with Gasteiger partial charge in [-0.2, -0.15) is 0 Å². The largest absolute Gasteiger partial charge is 0.507 e. The summed E-state index contributed by atoms with van der Waals surface area (Å²) in [6.07, 6.45) is 0. The fourth-order valence-electron chi connectivity index (χ4n) is 2.19. The molecule has 6 nitrogen and oxygen atoms in total. The van der Waals surface area contributed by atoms with Gasteiger partial charge in [-0.05, 0) is 18.2 Å². The molecule has 1 fully saturated rings. The maximum absolute atomic E-state index is 12.3. The number of halogens is 1. The molecule has 108 valence electrons. The second-order valence-electron chi connectivity index (χ2n) is 4.63. The van der Waals surface area contributed by atoms with E-state index in [4.69, 9.17) is 21.4 Å². The van der Waals surface area contributed by atoms with Crippen molar-refractivity contribution in [2.45, 2.75) is 6.04 Å². The highest BCUT2D eigenvalue weighted by molar-refractivity contribution is 6.30. The van der Waals surface area contributed by atoms with Crippen LogP contribution in [0.2, 0.25) is 5.02 Å². The molecule has 0 radical (unpaired) electrons. The summed E-state index contributed by atoms with van der Waals surface area (Å²) in [5.41, 5.74) is 0.0768. The van der Waals surface area contributed by atoms with Crippen LogP contribution in [0.4, 0.5) is 0 Å². The van der Waals surface area contributed by atoms with Gasteiger partial charge < -0.3 is 19.8 Å². The fourth-order valence-corrected chi connectivity index (χ4v) is 2.35. The Morgan fingerprint density at radius 3 is 2.70 bits per heavy atom. The van der Waals surface area contributed by atoms with Gasteiger partial charge in [-0.15, -0.1) is 0 Å². The molecular weight excluding hydrogens is 286 g/mol. The zero-order valence-electron chi connectivity index (χ0n) is 10.7. The summed E-state index contributed by atoms with van der Waals surface area (Å²) in [5.74, 6) is -2.48. The molecule has 20 heavy (non-hydrogen) atoms. The maximum atomic E-state index is 12.3. The number of phenols is 1. The van der Waals surface area contributed by atoms with Gasteiger partial charge in [-0.25, -0.2) is 0 Å². The molecule has 1 heterocycles. The summed E-state index contributed by atoms with van der Waals surface area (Å²) in [6, 6.07) is 3.60. The number of carbonyl (C=O) groups excluding carboxylic acids is 1. The minimum atomic E-state index is -1.01. The standard InChI is InChI=1S/C13H14ClNO5/c1-15(10-6-20-5-9(10)13(18)19)12(17)8-3-2-7(14)4-11(8)16/h2-4,9-10,16H,5-6H2,1H3,(H,18,19). The molecule has 7 heteroatoms. The summed E-state index contributed by atoms with van der Waals surface area (Å²) in [6.45, 7) is 0.234. The van der Waals surface area contributed by atoms with Crippen molar-refractivity contribution in [2.24, 2.45) is 5.92 Å². The van der Waals surface area contributed by atoms with Gasteiger partial charge in [0.05, 0.1) is 24.8 Å². The molecule has 0 aliphatic carbocycles. The Bertz CT molecular complexity index is 548. The van der Waals surface area contributed by atoms with Crippen LogP contribution >= 0.6 is 11.6 Å². The number of amides is 1. The highest BCUT2D eigenvalue weighted by atomic mass is 35.5. The van der Waals surface area contributed by atoms with Crippen LogP contribution in [0.3, 0.4) is 0 Å². The maximum Gasteiger partial charge on any atom is 0.311 e. The van der Waals surface area contributed by atoms with Gasteiger partial charge >= 0.3 is 5.97 Å². The first-order chi connectivity index (χ1) is 9.41.